The summed E-state index contributed by atoms with van der Waals surface area (Å²) in [6.45, 7) is 24.2. The van der Waals surface area contributed by atoms with Gasteiger partial charge in [0.1, 0.15) is 23.7 Å². The van der Waals surface area contributed by atoms with Gasteiger partial charge in [-0.15, -0.1) is 0 Å². The molecule has 0 saturated carbocycles. The molecule has 35 heavy (non-hydrogen) atoms. The van der Waals surface area contributed by atoms with Gasteiger partial charge in [-0.05, 0) is 43.2 Å². The molecule has 1 fully saturated rings. The van der Waals surface area contributed by atoms with Crippen LogP contribution in [-0.2, 0) is 18.3 Å². The van der Waals surface area contributed by atoms with Crippen LogP contribution in [0.1, 0.15) is 71.5 Å². The number of carbonyl (C=O) groups is 1. The highest BCUT2D eigenvalue weighted by Gasteiger charge is 2.47. The highest BCUT2D eigenvalue weighted by atomic mass is 28.4. The normalized spacial score (nSPS) is 21.9. The second-order valence-corrected chi connectivity index (χ2v) is 21.9. The van der Waals surface area contributed by atoms with E-state index in [1.54, 1.807) is 6.92 Å². The Balaban J connectivity index is 2.39. The van der Waals surface area contributed by atoms with Gasteiger partial charge in [0.25, 0.3) is 0 Å². The SMILES string of the molecule is CCOC(=O)c1cn([C@H]2C[C@H](O[Si](C)(C)C(C)(C)C)[C@@H](CO[Si](C)(C)C(C)(C)C)O2)c(=O)nc1N. The van der Waals surface area contributed by atoms with Crippen molar-refractivity contribution in [3.05, 3.63) is 22.2 Å². The van der Waals surface area contributed by atoms with E-state index in [9.17, 15) is 9.59 Å². The Morgan fingerprint density at radius 3 is 2.23 bits per heavy atom. The van der Waals surface area contributed by atoms with Crippen LogP contribution in [0.2, 0.25) is 36.3 Å². The molecule has 0 aromatic carbocycles. The number of carbonyl (C=O) groups excluding carboxylic acids is 1. The van der Waals surface area contributed by atoms with Crippen LogP contribution in [0.4, 0.5) is 5.82 Å². The predicted molar refractivity (Wildman–Crippen MR) is 143 cm³/mol. The maximum absolute atomic E-state index is 12.7. The first-order valence-corrected chi connectivity index (χ1v) is 18.2. The van der Waals surface area contributed by atoms with E-state index in [1.165, 1.54) is 10.8 Å². The Bertz CT molecular complexity index is 965. The summed E-state index contributed by atoms with van der Waals surface area (Å²) in [6.07, 6.45) is 0.533. The maximum atomic E-state index is 12.7. The van der Waals surface area contributed by atoms with Gasteiger partial charge in [0.05, 0.1) is 19.3 Å². The van der Waals surface area contributed by atoms with Gasteiger partial charge in [0, 0.05) is 12.6 Å². The topological polar surface area (TPSA) is 115 Å². The minimum Gasteiger partial charge on any atom is -0.462 e. The number of anilines is 1. The first-order valence-electron chi connectivity index (χ1n) is 12.3. The fourth-order valence-corrected chi connectivity index (χ4v) is 5.63. The lowest BCUT2D eigenvalue weighted by atomic mass is 10.2. The molecule has 2 heterocycles. The molecule has 1 aromatic rings. The molecule has 11 heteroatoms. The highest BCUT2D eigenvalue weighted by Crippen LogP contribution is 2.42. The fraction of sp³-hybridized carbons (Fsp3) is 0.792. The second-order valence-electron chi connectivity index (χ2n) is 12.3. The summed E-state index contributed by atoms with van der Waals surface area (Å²) >= 11 is 0. The van der Waals surface area contributed by atoms with Crippen molar-refractivity contribution in [1.82, 2.24) is 9.55 Å². The molecule has 1 aliphatic heterocycles. The Hall–Kier alpha value is -1.54. The van der Waals surface area contributed by atoms with Crippen molar-refractivity contribution in [1.29, 1.82) is 0 Å². The van der Waals surface area contributed by atoms with E-state index in [1.807, 2.05) is 0 Å². The average Bonchev–Trinajstić information content (AvgIpc) is 3.06. The number of nitrogen functional groups attached to an aromatic ring is 1. The van der Waals surface area contributed by atoms with Gasteiger partial charge in [-0.3, -0.25) is 4.57 Å². The van der Waals surface area contributed by atoms with E-state index in [4.69, 9.17) is 24.1 Å². The van der Waals surface area contributed by atoms with Crippen LogP contribution in [-0.4, -0.2) is 57.6 Å². The van der Waals surface area contributed by atoms with Crippen molar-refractivity contribution < 1.29 is 23.1 Å². The number of hydrogen-bond acceptors (Lipinski definition) is 8. The maximum Gasteiger partial charge on any atom is 0.351 e. The third-order valence-corrected chi connectivity index (χ3v) is 16.6. The molecule has 9 nitrogen and oxygen atoms in total. The highest BCUT2D eigenvalue weighted by molar-refractivity contribution is 6.74. The molecule has 2 rings (SSSR count). The van der Waals surface area contributed by atoms with Gasteiger partial charge in [-0.2, -0.15) is 4.98 Å². The molecular weight excluding hydrogens is 482 g/mol. The standard InChI is InChI=1S/C24H45N3O6Si2/c1-12-30-21(28)16-14-27(22(29)26-20(16)25)19-13-17(33-35(10,11)24(5,6)7)18(32-19)15-31-34(8,9)23(2,3)4/h14,17-19H,12-13,15H2,1-11H3,(H2,25,26,29)/t17-,18+,19+/m0/s1. The summed E-state index contributed by atoms with van der Waals surface area (Å²) in [6, 6.07) is 0. The fourth-order valence-electron chi connectivity index (χ4n) is 3.26. The van der Waals surface area contributed by atoms with Gasteiger partial charge in [0.15, 0.2) is 16.6 Å². The van der Waals surface area contributed by atoms with Crippen LogP contribution >= 0.6 is 0 Å². The lowest BCUT2D eigenvalue weighted by Crippen LogP contribution is -2.48. The first-order chi connectivity index (χ1) is 15.8. The molecule has 0 bridgehead atoms. The largest absolute Gasteiger partial charge is 0.462 e. The molecule has 200 valence electrons. The molecule has 3 atom stereocenters. The Morgan fingerprint density at radius 1 is 1.14 bits per heavy atom. The molecule has 1 aromatic heterocycles. The Kier molecular flexibility index (Phi) is 8.86. The van der Waals surface area contributed by atoms with E-state index in [0.29, 0.717) is 13.0 Å². The molecule has 0 spiro atoms. The zero-order valence-corrected chi connectivity index (χ0v) is 25.4. The predicted octanol–water partition coefficient (Wildman–Crippen LogP) is 4.70. The van der Waals surface area contributed by atoms with Crippen LogP contribution in [0, 0.1) is 0 Å². The van der Waals surface area contributed by atoms with Crippen molar-refractivity contribution in [2.24, 2.45) is 0 Å². The summed E-state index contributed by atoms with van der Waals surface area (Å²) in [4.78, 5) is 28.9. The summed E-state index contributed by atoms with van der Waals surface area (Å²) < 4.78 is 26.0. The summed E-state index contributed by atoms with van der Waals surface area (Å²) in [5.74, 6) is -0.786. The van der Waals surface area contributed by atoms with Crippen molar-refractivity contribution in [3.63, 3.8) is 0 Å². The van der Waals surface area contributed by atoms with E-state index in [2.05, 4.69) is 72.7 Å². The van der Waals surface area contributed by atoms with Crippen LogP contribution in [0.3, 0.4) is 0 Å². The van der Waals surface area contributed by atoms with Gasteiger partial charge < -0.3 is 24.1 Å². The molecular formula is C24H45N3O6Si2. The number of nitrogens with two attached hydrogens (primary N) is 1. The van der Waals surface area contributed by atoms with Crippen LogP contribution in [0.5, 0.6) is 0 Å². The quantitative estimate of drug-likeness (QED) is 0.382. The van der Waals surface area contributed by atoms with Crippen molar-refractivity contribution in [3.8, 4) is 0 Å². The van der Waals surface area contributed by atoms with Gasteiger partial charge in [-0.1, -0.05) is 41.5 Å². The number of hydrogen-bond donors (Lipinski definition) is 1. The third-order valence-electron chi connectivity index (χ3n) is 7.63. The van der Waals surface area contributed by atoms with Gasteiger partial charge in [-0.25, -0.2) is 9.59 Å². The molecule has 2 N–H and O–H groups in total. The first kappa shape index (κ1) is 29.7. The van der Waals surface area contributed by atoms with Gasteiger partial charge in [0.2, 0.25) is 0 Å². The number of rotatable bonds is 8. The third kappa shape index (κ3) is 6.82. The minimum absolute atomic E-state index is 0.00654. The van der Waals surface area contributed by atoms with Crippen molar-refractivity contribution >= 4 is 28.4 Å². The van der Waals surface area contributed by atoms with Crippen LogP contribution in [0.25, 0.3) is 0 Å². The van der Waals surface area contributed by atoms with E-state index in [-0.39, 0.29) is 40.3 Å². The van der Waals surface area contributed by atoms with E-state index >= 15 is 0 Å². The number of ether oxygens (including phenoxy) is 2. The average molecular weight is 528 g/mol. The molecule has 0 unspecified atom stereocenters. The number of esters is 1. The summed E-state index contributed by atoms with van der Waals surface area (Å²) in [5, 5.41) is 0.0553. The number of nitrogens with zero attached hydrogens (tertiary/aromatic N) is 2. The molecule has 1 saturated heterocycles. The monoisotopic (exact) mass is 527 g/mol. The zero-order chi connectivity index (χ0) is 27.0. The zero-order valence-electron chi connectivity index (χ0n) is 23.4. The van der Waals surface area contributed by atoms with E-state index in [0.717, 1.165) is 0 Å². The molecule has 0 radical (unpaired) electrons. The molecule has 0 amide bonds. The minimum atomic E-state index is -2.14. The van der Waals surface area contributed by atoms with Crippen molar-refractivity contribution in [2.45, 2.75) is 110 Å². The summed E-state index contributed by atoms with van der Waals surface area (Å²) in [5.41, 5.74) is 5.30. The molecule has 1 aliphatic rings. The molecule has 0 aliphatic carbocycles. The van der Waals surface area contributed by atoms with Gasteiger partial charge >= 0.3 is 11.7 Å². The lowest BCUT2D eigenvalue weighted by Gasteiger charge is -2.40. The van der Waals surface area contributed by atoms with E-state index < -0.39 is 34.5 Å². The smallest absolute Gasteiger partial charge is 0.351 e. The summed E-state index contributed by atoms with van der Waals surface area (Å²) in [7, 11) is -4.17. The van der Waals surface area contributed by atoms with Crippen molar-refractivity contribution in [2.75, 3.05) is 18.9 Å². The Morgan fingerprint density at radius 2 is 1.71 bits per heavy atom. The van der Waals surface area contributed by atoms with Crippen LogP contribution < -0.4 is 11.4 Å². The second kappa shape index (κ2) is 10.4. The van der Waals surface area contributed by atoms with Crippen LogP contribution in [0.15, 0.2) is 11.0 Å². The Labute approximate surface area is 211 Å². The lowest BCUT2D eigenvalue weighted by molar-refractivity contribution is -0.0412. The number of aromatic nitrogens is 2.